The van der Waals surface area contributed by atoms with E-state index in [1.165, 1.54) is 6.42 Å². The number of amides is 2. The molecule has 3 rings (SSSR count). The van der Waals surface area contributed by atoms with Crippen LogP contribution in [-0.2, 0) is 4.79 Å². The molecule has 1 saturated heterocycles. The number of carbonyl (C=O) groups excluding carboxylic acids is 2. The fraction of sp³-hybridized carbons (Fsp3) is 0.421. The van der Waals surface area contributed by atoms with Gasteiger partial charge in [-0.3, -0.25) is 19.8 Å². The second kappa shape index (κ2) is 8.14. The fourth-order valence-corrected chi connectivity index (χ4v) is 2.93. The lowest BCUT2D eigenvalue weighted by Crippen LogP contribution is -2.36. The van der Waals surface area contributed by atoms with Gasteiger partial charge in [0.1, 0.15) is 0 Å². The molecule has 0 spiro atoms. The molecule has 1 fully saturated rings. The summed E-state index contributed by atoms with van der Waals surface area (Å²) in [6, 6.07) is 6.79. The minimum absolute atomic E-state index is 0.0307. The van der Waals surface area contributed by atoms with Crippen LogP contribution in [0.3, 0.4) is 0 Å². The lowest BCUT2D eigenvalue weighted by Gasteiger charge is -2.25. The van der Waals surface area contributed by atoms with Crippen LogP contribution in [0.5, 0.6) is 0 Å². The molecule has 0 atom stereocenters. The van der Waals surface area contributed by atoms with Crippen molar-refractivity contribution in [2.75, 3.05) is 30.3 Å². The molecule has 1 aliphatic rings. The van der Waals surface area contributed by atoms with Gasteiger partial charge < -0.3 is 9.84 Å². The van der Waals surface area contributed by atoms with Crippen molar-refractivity contribution in [3.8, 4) is 0 Å². The molecular formula is C19H24N4O3. The van der Waals surface area contributed by atoms with E-state index in [2.05, 4.69) is 20.7 Å². The maximum Gasteiger partial charge on any atom is 0.258 e. The zero-order valence-electron chi connectivity index (χ0n) is 15.2. The number of hydrogen-bond acceptors (Lipinski definition) is 5. The summed E-state index contributed by atoms with van der Waals surface area (Å²) in [5.74, 6) is 0.0405. The Labute approximate surface area is 152 Å². The number of anilines is 2. The average molecular weight is 356 g/mol. The van der Waals surface area contributed by atoms with Crippen molar-refractivity contribution in [1.29, 1.82) is 0 Å². The van der Waals surface area contributed by atoms with E-state index < -0.39 is 0 Å². The standard InChI is InChI=1S/C19H24N4O3/c1-13-14(2)22-26-19(13)21-18(25)15-6-8-16(9-7-15)20-17(24)12-23-10-4-3-5-11-23/h6-9H,3-5,10-12H2,1-2H3,(H,20,24)(H,21,25). The Balaban J connectivity index is 1.54. The SMILES string of the molecule is Cc1noc(NC(=O)c2ccc(NC(=O)CN3CCCCC3)cc2)c1C. The van der Waals surface area contributed by atoms with Gasteiger partial charge in [-0.25, -0.2) is 0 Å². The van der Waals surface area contributed by atoms with Crippen LogP contribution in [0.4, 0.5) is 11.6 Å². The number of nitrogens with zero attached hydrogens (tertiary/aromatic N) is 2. The van der Waals surface area contributed by atoms with Crippen LogP contribution >= 0.6 is 0 Å². The van der Waals surface area contributed by atoms with Crippen LogP contribution in [0.1, 0.15) is 40.9 Å². The van der Waals surface area contributed by atoms with Gasteiger partial charge in [0.05, 0.1) is 12.2 Å². The van der Waals surface area contributed by atoms with E-state index in [1.807, 2.05) is 13.8 Å². The Kier molecular flexibility index (Phi) is 5.68. The molecular weight excluding hydrogens is 332 g/mol. The number of aryl methyl sites for hydroxylation is 1. The summed E-state index contributed by atoms with van der Waals surface area (Å²) in [6.45, 7) is 6.02. The summed E-state index contributed by atoms with van der Waals surface area (Å²) >= 11 is 0. The topological polar surface area (TPSA) is 87.5 Å². The van der Waals surface area contributed by atoms with E-state index in [-0.39, 0.29) is 11.8 Å². The van der Waals surface area contributed by atoms with E-state index in [0.717, 1.165) is 37.2 Å². The molecule has 0 aliphatic carbocycles. The van der Waals surface area contributed by atoms with Crippen molar-refractivity contribution in [2.24, 2.45) is 0 Å². The minimum Gasteiger partial charge on any atom is -0.338 e. The van der Waals surface area contributed by atoms with Crippen molar-refractivity contribution in [3.63, 3.8) is 0 Å². The Morgan fingerprint density at radius 3 is 2.38 bits per heavy atom. The second-order valence-corrected chi connectivity index (χ2v) is 6.64. The summed E-state index contributed by atoms with van der Waals surface area (Å²) < 4.78 is 5.09. The first-order chi connectivity index (χ1) is 12.5. The van der Waals surface area contributed by atoms with Gasteiger partial charge in [-0.15, -0.1) is 0 Å². The largest absolute Gasteiger partial charge is 0.338 e. The van der Waals surface area contributed by atoms with Gasteiger partial charge in [-0.2, -0.15) is 0 Å². The molecule has 2 aromatic rings. The molecule has 7 nitrogen and oxygen atoms in total. The predicted octanol–water partition coefficient (Wildman–Crippen LogP) is 2.97. The predicted molar refractivity (Wildman–Crippen MR) is 99.3 cm³/mol. The molecule has 2 N–H and O–H groups in total. The van der Waals surface area contributed by atoms with Crippen LogP contribution in [-0.4, -0.2) is 41.5 Å². The first-order valence-corrected chi connectivity index (χ1v) is 8.89. The lowest BCUT2D eigenvalue weighted by molar-refractivity contribution is -0.117. The highest BCUT2D eigenvalue weighted by molar-refractivity contribution is 6.04. The molecule has 1 aromatic carbocycles. The molecule has 138 valence electrons. The van der Waals surface area contributed by atoms with Crippen molar-refractivity contribution >= 4 is 23.4 Å². The number of aromatic nitrogens is 1. The molecule has 7 heteroatoms. The van der Waals surface area contributed by atoms with Gasteiger partial charge in [-0.05, 0) is 64.0 Å². The third-order valence-electron chi connectivity index (χ3n) is 4.63. The number of rotatable bonds is 5. The van der Waals surface area contributed by atoms with Crippen LogP contribution in [0.2, 0.25) is 0 Å². The summed E-state index contributed by atoms with van der Waals surface area (Å²) in [4.78, 5) is 26.6. The number of carbonyl (C=O) groups is 2. The fourth-order valence-electron chi connectivity index (χ4n) is 2.93. The molecule has 0 radical (unpaired) electrons. The number of nitrogens with one attached hydrogen (secondary N) is 2. The highest BCUT2D eigenvalue weighted by atomic mass is 16.5. The van der Waals surface area contributed by atoms with E-state index in [9.17, 15) is 9.59 Å². The molecule has 0 bridgehead atoms. The minimum atomic E-state index is -0.282. The number of hydrogen-bond donors (Lipinski definition) is 2. The molecule has 1 aromatic heterocycles. The second-order valence-electron chi connectivity index (χ2n) is 6.64. The van der Waals surface area contributed by atoms with Crippen LogP contribution < -0.4 is 10.6 Å². The first-order valence-electron chi connectivity index (χ1n) is 8.89. The van der Waals surface area contributed by atoms with E-state index >= 15 is 0 Å². The Morgan fingerprint density at radius 2 is 1.77 bits per heavy atom. The molecule has 26 heavy (non-hydrogen) atoms. The van der Waals surface area contributed by atoms with Gasteiger partial charge in [0, 0.05) is 16.8 Å². The van der Waals surface area contributed by atoms with Gasteiger partial charge in [0.2, 0.25) is 11.8 Å². The van der Waals surface area contributed by atoms with Crippen LogP contribution in [0.15, 0.2) is 28.8 Å². The quantitative estimate of drug-likeness (QED) is 0.860. The van der Waals surface area contributed by atoms with Gasteiger partial charge in [-0.1, -0.05) is 11.6 Å². The van der Waals surface area contributed by atoms with Crippen molar-refractivity contribution in [1.82, 2.24) is 10.1 Å². The summed E-state index contributed by atoms with van der Waals surface area (Å²) in [5, 5.41) is 9.39. The Morgan fingerprint density at radius 1 is 1.08 bits per heavy atom. The van der Waals surface area contributed by atoms with Crippen molar-refractivity contribution in [2.45, 2.75) is 33.1 Å². The Bertz CT molecular complexity index is 777. The van der Waals surface area contributed by atoms with Crippen LogP contribution in [0, 0.1) is 13.8 Å². The van der Waals surface area contributed by atoms with E-state index in [1.54, 1.807) is 24.3 Å². The first kappa shape index (κ1) is 18.1. The molecule has 0 unspecified atom stereocenters. The molecule has 2 heterocycles. The highest BCUT2D eigenvalue weighted by Crippen LogP contribution is 2.19. The summed E-state index contributed by atoms with van der Waals surface area (Å²) in [6.07, 6.45) is 3.55. The molecule has 2 amide bonds. The van der Waals surface area contributed by atoms with E-state index in [4.69, 9.17) is 4.52 Å². The molecule has 0 saturated carbocycles. The smallest absolute Gasteiger partial charge is 0.258 e. The van der Waals surface area contributed by atoms with Gasteiger partial charge in [0.25, 0.3) is 5.91 Å². The molecule has 1 aliphatic heterocycles. The maximum atomic E-state index is 12.3. The van der Waals surface area contributed by atoms with Crippen LogP contribution in [0.25, 0.3) is 0 Å². The summed E-state index contributed by atoms with van der Waals surface area (Å²) in [5.41, 5.74) is 2.70. The average Bonchev–Trinajstić information content (AvgIpc) is 2.95. The zero-order chi connectivity index (χ0) is 18.5. The highest BCUT2D eigenvalue weighted by Gasteiger charge is 2.15. The Hall–Kier alpha value is -2.67. The normalized spacial score (nSPS) is 14.8. The zero-order valence-corrected chi connectivity index (χ0v) is 15.2. The lowest BCUT2D eigenvalue weighted by atomic mass is 10.1. The number of likely N-dealkylation sites (tertiary alicyclic amines) is 1. The third kappa shape index (κ3) is 4.49. The number of benzene rings is 1. The monoisotopic (exact) mass is 356 g/mol. The number of piperidine rings is 1. The van der Waals surface area contributed by atoms with Crippen molar-refractivity contribution in [3.05, 3.63) is 41.1 Å². The maximum absolute atomic E-state index is 12.3. The van der Waals surface area contributed by atoms with Gasteiger partial charge in [0.15, 0.2) is 0 Å². The summed E-state index contributed by atoms with van der Waals surface area (Å²) in [7, 11) is 0. The van der Waals surface area contributed by atoms with E-state index in [0.29, 0.717) is 23.7 Å². The third-order valence-corrected chi connectivity index (χ3v) is 4.63. The van der Waals surface area contributed by atoms with Crippen molar-refractivity contribution < 1.29 is 14.1 Å². The van der Waals surface area contributed by atoms with Gasteiger partial charge >= 0.3 is 0 Å².